The van der Waals surface area contributed by atoms with Gasteiger partial charge >= 0.3 is 23.9 Å². The lowest BCUT2D eigenvalue weighted by atomic mass is 9.55. The molecule has 0 radical (unpaired) electrons. The molecule has 176 valence electrons. The van der Waals surface area contributed by atoms with Crippen LogP contribution in [0.4, 0.5) is 0 Å². The van der Waals surface area contributed by atoms with E-state index in [4.69, 9.17) is 18.9 Å². The van der Waals surface area contributed by atoms with Gasteiger partial charge in [0.2, 0.25) is 0 Å². The highest BCUT2D eigenvalue weighted by Gasteiger charge is 2.52. The molecule has 1 saturated carbocycles. The first-order valence-electron chi connectivity index (χ1n) is 10.5. The zero-order valence-electron chi connectivity index (χ0n) is 19.0. The lowest BCUT2D eigenvalue weighted by molar-refractivity contribution is -0.152. The van der Waals surface area contributed by atoms with Gasteiger partial charge in [0.05, 0.1) is 28.4 Å². The Morgan fingerprint density at radius 3 is 1.10 bits per heavy atom. The fourth-order valence-electron chi connectivity index (χ4n) is 4.53. The molecule has 0 unspecified atom stereocenters. The van der Waals surface area contributed by atoms with E-state index < -0.39 is 34.7 Å². The standard InChI is InChI=1S/C22H34O9/c1-28-16(23)6-12-21(13-7-17(24)29-2)10-5-11-22(20(21)27,14-8-18(25)30-3)15-9-19(26)31-4/h5-15H2,1-4H3. The summed E-state index contributed by atoms with van der Waals surface area (Å²) in [6, 6.07) is 0. The Morgan fingerprint density at radius 1 is 0.613 bits per heavy atom. The molecular weight excluding hydrogens is 408 g/mol. The Kier molecular flexibility index (Phi) is 10.6. The van der Waals surface area contributed by atoms with E-state index in [0.29, 0.717) is 19.3 Å². The summed E-state index contributed by atoms with van der Waals surface area (Å²) < 4.78 is 19.0. The van der Waals surface area contributed by atoms with Crippen molar-refractivity contribution in [2.24, 2.45) is 10.8 Å². The first kappa shape index (κ1) is 26.6. The SMILES string of the molecule is COC(=O)CCC1(CCC(=O)OC)CCCC(CCC(=O)OC)(CCC(=O)OC)C1=O. The van der Waals surface area contributed by atoms with Crippen LogP contribution < -0.4 is 0 Å². The first-order chi connectivity index (χ1) is 14.7. The summed E-state index contributed by atoms with van der Waals surface area (Å²) in [4.78, 5) is 61.2. The van der Waals surface area contributed by atoms with Crippen molar-refractivity contribution >= 4 is 29.7 Å². The molecule has 0 N–H and O–H groups in total. The minimum atomic E-state index is -0.938. The van der Waals surface area contributed by atoms with Crippen molar-refractivity contribution in [2.75, 3.05) is 28.4 Å². The van der Waals surface area contributed by atoms with Gasteiger partial charge in [-0.2, -0.15) is 0 Å². The minimum absolute atomic E-state index is 0.0352. The molecule has 0 aliphatic heterocycles. The summed E-state index contributed by atoms with van der Waals surface area (Å²) in [5.41, 5.74) is -1.88. The summed E-state index contributed by atoms with van der Waals surface area (Å²) in [5.74, 6) is -1.88. The van der Waals surface area contributed by atoms with E-state index >= 15 is 0 Å². The third-order valence-corrected chi connectivity index (χ3v) is 6.42. The van der Waals surface area contributed by atoms with E-state index in [1.165, 1.54) is 28.4 Å². The van der Waals surface area contributed by atoms with Crippen LogP contribution in [0.25, 0.3) is 0 Å². The highest BCUT2D eigenvalue weighted by atomic mass is 16.5. The highest BCUT2D eigenvalue weighted by Crippen LogP contribution is 2.52. The maximum Gasteiger partial charge on any atom is 0.305 e. The van der Waals surface area contributed by atoms with Gasteiger partial charge < -0.3 is 18.9 Å². The Labute approximate surface area is 183 Å². The molecular formula is C22H34O9. The number of rotatable bonds is 12. The maximum atomic E-state index is 14.0. The monoisotopic (exact) mass is 442 g/mol. The fraction of sp³-hybridized carbons (Fsp3) is 0.773. The Hall–Kier alpha value is -2.45. The number of Topliss-reactive ketones (excluding diaryl/α,β-unsaturated/α-hetero) is 1. The van der Waals surface area contributed by atoms with E-state index in [2.05, 4.69) is 0 Å². The molecule has 0 amide bonds. The van der Waals surface area contributed by atoms with Crippen LogP contribution in [0.15, 0.2) is 0 Å². The van der Waals surface area contributed by atoms with Crippen molar-refractivity contribution in [3.63, 3.8) is 0 Å². The largest absolute Gasteiger partial charge is 0.469 e. The topological polar surface area (TPSA) is 122 Å². The number of esters is 4. The maximum absolute atomic E-state index is 14.0. The van der Waals surface area contributed by atoms with Crippen LogP contribution in [-0.2, 0) is 42.9 Å². The zero-order chi connectivity index (χ0) is 23.5. The predicted octanol–water partition coefficient (Wildman–Crippen LogP) is 2.53. The fourth-order valence-corrected chi connectivity index (χ4v) is 4.53. The number of ether oxygens (including phenoxy) is 4. The van der Waals surface area contributed by atoms with E-state index in [-0.39, 0.29) is 57.1 Å². The van der Waals surface area contributed by atoms with E-state index in [1.807, 2.05) is 0 Å². The van der Waals surface area contributed by atoms with E-state index in [0.717, 1.165) is 0 Å². The Balaban J connectivity index is 3.25. The van der Waals surface area contributed by atoms with Gasteiger partial charge in [0, 0.05) is 36.5 Å². The predicted molar refractivity (Wildman–Crippen MR) is 109 cm³/mol. The summed E-state index contributed by atoms with van der Waals surface area (Å²) in [5, 5.41) is 0. The quantitative estimate of drug-likeness (QED) is 0.331. The van der Waals surface area contributed by atoms with E-state index in [9.17, 15) is 24.0 Å². The number of ketones is 1. The molecule has 0 atom stereocenters. The van der Waals surface area contributed by atoms with Crippen LogP contribution in [0.1, 0.15) is 70.6 Å². The lowest BCUT2D eigenvalue weighted by Crippen LogP contribution is -2.48. The molecule has 0 heterocycles. The molecule has 0 spiro atoms. The third kappa shape index (κ3) is 7.33. The molecule has 1 fully saturated rings. The van der Waals surface area contributed by atoms with Crippen LogP contribution in [-0.4, -0.2) is 58.1 Å². The van der Waals surface area contributed by atoms with Gasteiger partial charge in [0.15, 0.2) is 0 Å². The van der Waals surface area contributed by atoms with Crippen molar-refractivity contribution in [2.45, 2.75) is 70.6 Å². The molecule has 9 nitrogen and oxygen atoms in total. The summed E-state index contributed by atoms with van der Waals surface area (Å²) in [6.07, 6.45) is 2.75. The van der Waals surface area contributed by atoms with E-state index in [1.54, 1.807) is 0 Å². The summed E-state index contributed by atoms with van der Waals surface area (Å²) in [7, 11) is 5.12. The Morgan fingerprint density at radius 2 is 0.871 bits per heavy atom. The van der Waals surface area contributed by atoms with Crippen LogP contribution in [0.2, 0.25) is 0 Å². The number of hydrogen-bond donors (Lipinski definition) is 0. The molecule has 31 heavy (non-hydrogen) atoms. The zero-order valence-corrected chi connectivity index (χ0v) is 19.0. The molecule has 0 saturated heterocycles. The molecule has 1 aliphatic rings. The lowest BCUT2D eigenvalue weighted by Gasteiger charge is -2.47. The van der Waals surface area contributed by atoms with Crippen LogP contribution in [0, 0.1) is 10.8 Å². The van der Waals surface area contributed by atoms with Crippen LogP contribution in [0.5, 0.6) is 0 Å². The molecule has 0 aromatic heterocycles. The summed E-state index contributed by atoms with van der Waals surface area (Å²) in [6.45, 7) is 0. The van der Waals surface area contributed by atoms with Crippen LogP contribution in [0.3, 0.4) is 0 Å². The second-order valence-electron chi connectivity index (χ2n) is 8.05. The highest BCUT2D eigenvalue weighted by molar-refractivity contribution is 5.92. The van der Waals surface area contributed by atoms with Gasteiger partial charge in [0.25, 0.3) is 0 Å². The van der Waals surface area contributed by atoms with Crippen molar-refractivity contribution < 1.29 is 42.9 Å². The van der Waals surface area contributed by atoms with Gasteiger partial charge in [-0.1, -0.05) is 6.42 Å². The average molecular weight is 443 g/mol. The number of hydrogen-bond acceptors (Lipinski definition) is 9. The van der Waals surface area contributed by atoms with Crippen molar-refractivity contribution in [3.05, 3.63) is 0 Å². The first-order valence-corrected chi connectivity index (χ1v) is 10.5. The third-order valence-electron chi connectivity index (χ3n) is 6.42. The van der Waals surface area contributed by atoms with Gasteiger partial charge in [0.1, 0.15) is 5.78 Å². The van der Waals surface area contributed by atoms with Gasteiger partial charge in [-0.05, 0) is 38.5 Å². The second kappa shape index (κ2) is 12.4. The van der Waals surface area contributed by atoms with Gasteiger partial charge in [-0.3, -0.25) is 24.0 Å². The van der Waals surface area contributed by atoms with Crippen LogP contribution >= 0.6 is 0 Å². The normalized spacial score (nSPS) is 16.8. The molecule has 0 aromatic rings. The molecule has 9 heteroatoms. The number of carbonyl (C=O) groups is 5. The van der Waals surface area contributed by atoms with Crippen molar-refractivity contribution in [1.29, 1.82) is 0 Å². The molecule has 0 bridgehead atoms. The Bertz CT molecular complexity index is 574. The van der Waals surface area contributed by atoms with Crippen molar-refractivity contribution in [1.82, 2.24) is 0 Å². The van der Waals surface area contributed by atoms with Gasteiger partial charge in [-0.15, -0.1) is 0 Å². The number of methoxy groups -OCH3 is 4. The second-order valence-corrected chi connectivity index (χ2v) is 8.05. The summed E-state index contributed by atoms with van der Waals surface area (Å²) >= 11 is 0. The molecule has 1 rings (SSSR count). The minimum Gasteiger partial charge on any atom is -0.469 e. The van der Waals surface area contributed by atoms with Crippen molar-refractivity contribution in [3.8, 4) is 0 Å². The molecule has 0 aromatic carbocycles. The molecule has 1 aliphatic carbocycles. The smallest absolute Gasteiger partial charge is 0.305 e. The number of carbonyl (C=O) groups excluding carboxylic acids is 5. The average Bonchev–Trinajstić information content (AvgIpc) is 2.79. The van der Waals surface area contributed by atoms with Gasteiger partial charge in [-0.25, -0.2) is 0 Å².